The number of nitrogens with two attached hydrogens (primary N) is 1. The van der Waals surface area contributed by atoms with Gasteiger partial charge in [-0.3, -0.25) is 30.2 Å². The molecule has 0 aliphatic carbocycles. The van der Waals surface area contributed by atoms with Gasteiger partial charge in [0.15, 0.2) is 10.6 Å². The Morgan fingerprint density at radius 3 is 2.89 bits per heavy atom. The molecule has 2 aromatic heterocycles. The fraction of sp³-hybridized carbons (Fsp3) is 0.111. The number of aromatic nitrogens is 4. The summed E-state index contributed by atoms with van der Waals surface area (Å²) in [5.41, 5.74) is 5.99. The van der Waals surface area contributed by atoms with Crippen molar-refractivity contribution in [3.05, 3.63) is 39.4 Å². The number of amides is 1. The number of H-pyrrole nitrogens is 2. The molecule has 1 amide bonds. The predicted molar refractivity (Wildman–Crippen MR) is 67.7 cm³/mol. The van der Waals surface area contributed by atoms with Crippen LogP contribution in [0.1, 0.15) is 10.5 Å². The van der Waals surface area contributed by atoms with Gasteiger partial charge in [-0.2, -0.15) is 0 Å². The standard InChI is InChI=1S/C9H9N7O2S/c10-9(16-2-1-4(17)13-8(16)19)14-6-5(7(18)15-9)11-3-12-6/h1-3,14H,10H2,(H,11,12)(H,15,18)(H,13,17,19). The summed E-state index contributed by atoms with van der Waals surface area (Å²) in [5.74, 6) is -1.62. The highest BCUT2D eigenvalue weighted by Crippen LogP contribution is 2.20. The Hall–Kier alpha value is -2.46. The molecular weight excluding hydrogens is 270 g/mol. The van der Waals surface area contributed by atoms with Crippen molar-refractivity contribution >= 4 is 23.9 Å². The number of nitrogens with one attached hydrogen (secondary N) is 4. The van der Waals surface area contributed by atoms with Crippen LogP contribution in [-0.2, 0) is 5.91 Å². The van der Waals surface area contributed by atoms with Crippen molar-refractivity contribution in [3.8, 4) is 0 Å². The molecule has 10 heteroatoms. The van der Waals surface area contributed by atoms with E-state index in [0.29, 0.717) is 5.82 Å². The normalized spacial score (nSPS) is 21.4. The Labute approximate surface area is 110 Å². The summed E-state index contributed by atoms with van der Waals surface area (Å²) >= 11 is 5.02. The SMILES string of the molecule is NC1(n2ccc(=O)[nH]c2=S)NC(=O)c2[nH]cnc2N1. The van der Waals surface area contributed by atoms with Gasteiger partial charge in [0.1, 0.15) is 5.69 Å². The molecule has 0 aromatic carbocycles. The zero-order chi connectivity index (χ0) is 13.6. The smallest absolute Gasteiger partial charge is 0.275 e. The maximum absolute atomic E-state index is 11.9. The van der Waals surface area contributed by atoms with Crippen LogP contribution in [0.3, 0.4) is 0 Å². The second kappa shape index (κ2) is 3.76. The lowest BCUT2D eigenvalue weighted by molar-refractivity contribution is 0.0849. The van der Waals surface area contributed by atoms with E-state index in [1.807, 2.05) is 0 Å². The van der Waals surface area contributed by atoms with Gasteiger partial charge in [0.2, 0.25) is 0 Å². The lowest BCUT2D eigenvalue weighted by Gasteiger charge is -2.36. The molecule has 0 bridgehead atoms. The van der Waals surface area contributed by atoms with E-state index in [1.54, 1.807) is 0 Å². The molecule has 0 fully saturated rings. The molecule has 98 valence electrons. The highest BCUT2D eigenvalue weighted by atomic mass is 32.1. The first kappa shape index (κ1) is 11.6. The molecule has 6 N–H and O–H groups in total. The van der Waals surface area contributed by atoms with Gasteiger partial charge in [-0.1, -0.05) is 0 Å². The molecule has 0 spiro atoms. The van der Waals surface area contributed by atoms with Crippen LogP contribution in [0.5, 0.6) is 0 Å². The Bertz CT molecular complexity index is 775. The average molecular weight is 279 g/mol. The van der Waals surface area contributed by atoms with Gasteiger partial charge in [-0.15, -0.1) is 0 Å². The largest absolute Gasteiger partial charge is 0.339 e. The third kappa shape index (κ3) is 1.73. The minimum atomic E-state index is -1.50. The number of rotatable bonds is 1. The van der Waals surface area contributed by atoms with Crippen molar-refractivity contribution in [2.45, 2.75) is 5.91 Å². The third-order valence-electron chi connectivity index (χ3n) is 2.68. The van der Waals surface area contributed by atoms with Gasteiger partial charge in [-0.05, 0) is 12.2 Å². The number of aromatic amines is 2. The van der Waals surface area contributed by atoms with Crippen LogP contribution in [0.4, 0.5) is 5.82 Å². The molecular formula is C9H9N7O2S. The summed E-state index contributed by atoms with van der Waals surface area (Å²) in [6, 6.07) is 1.25. The Balaban J connectivity index is 2.13. The van der Waals surface area contributed by atoms with Gasteiger partial charge < -0.3 is 10.3 Å². The molecule has 2 aromatic rings. The van der Waals surface area contributed by atoms with Crippen molar-refractivity contribution in [1.29, 1.82) is 0 Å². The van der Waals surface area contributed by atoms with E-state index >= 15 is 0 Å². The molecule has 19 heavy (non-hydrogen) atoms. The molecule has 1 aliphatic rings. The number of imidazole rings is 1. The van der Waals surface area contributed by atoms with Crippen LogP contribution in [0.15, 0.2) is 23.4 Å². The fourth-order valence-electron chi connectivity index (χ4n) is 1.82. The Morgan fingerprint density at radius 2 is 2.16 bits per heavy atom. The number of carbonyl (C=O) groups is 1. The first-order valence-corrected chi connectivity index (χ1v) is 5.66. The number of fused-ring (bicyclic) bond motifs is 1. The zero-order valence-corrected chi connectivity index (χ0v) is 10.2. The highest BCUT2D eigenvalue weighted by Gasteiger charge is 2.37. The van der Waals surface area contributed by atoms with Crippen LogP contribution in [0, 0.1) is 4.77 Å². The average Bonchev–Trinajstić information content (AvgIpc) is 2.76. The molecule has 1 unspecified atom stereocenters. The summed E-state index contributed by atoms with van der Waals surface area (Å²) in [5, 5.41) is 5.38. The molecule has 0 saturated heterocycles. The van der Waals surface area contributed by atoms with E-state index in [1.165, 1.54) is 23.2 Å². The van der Waals surface area contributed by atoms with Gasteiger partial charge in [0, 0.05) is 12.3 Å². The summed E-state index contributed by atoms with van der Waals surface area (Å²) in [6.07, 6.45) is 2.75. The van der Waals surface area contributed by atoms with Crippen molar-refractivity contribution in [1.82, 2.24) is 24.8 Å². The van der Waals surface area contributed by atoms with E-state index in [4.69, 9.17) is 18.0 Å². The summed E-state index contributed by atoms with van der Waals surface area (Å²) in [7, 11) is 0. The molecule has 0 saturated carbocycles. The van der Waals surface area contributed by atoms with E-state index < -0.39 is 11.8 Å². The second-order valence-electron chi connectivity index (χ2n) is 3.95. The second-order valence-corrected chi connectivity index (χ2v) is 4.34. The molecule has 0 radical (unpaired) electrons. The quantitative estimate of drug-likeness (QED) is 0.426. The van der Waals surface area contributed by atoms with Crippen molar-refractivity contribution in [3.63, 3.8) is 0 Å². The summed E-state index contributed by atoms with van der Waals surface area (Å²) < 4.78 is 1.39. The van der Waals surface area contributed by atoms with Crippen molar-refractivity contribution in [2.75, 3.05) is 5.32 Å². The minimum Gasteiger partial charge on any atom is -0.339 e. The molecule has 1 aliphatic heterocycles. The van der Waals surface area contributed by atoms with E-state index in [2.05, 4.69) is 25.6 Å². The predicted octanol–water partition coefficient (Wildman–Crippen LogP) is -0.989. The summed E-state index contributed by atoms with van der Waals surface area (Å²) in [6.45, 7) is 0. The van der Waals surface area contributed by atoms with Gasteiger partial charge in [-0.25, -0.2) is 4.98 Å². The topological polar surface area (TPSA) is 134 Å². The maximum Gasteiger partial charge on any atom is 0.275 e. The lowest BCUT2D eigenvalue weighted by atomic mass is 10.3. The molecule has 9 nitrogen and oxygen atoms in total. The van der Waals surface area contributed by atoms with Crippen LogP contribution in [0.2, 0.25) is 0 Å². The number of carbonyl (C=O) groups excluding carboxylic acids is 1. The van der Waals surface area contributed by atoms with Gasteiger partial charge in [0.05, 0.1) is 6.33 Å². The number of hydrogen-bond acceptors (Lipinski definition) is 6. The molecule has 1 atom stereocenters. The Morgan fingerprint density at radius 1 is 1.37 bits per heavy atom. The Kier molecular flexibility index (Phi) is 2.30. The maximum atomic E-state index is 11.9. The first-order valence-electron chi connectivity index (χ1n) is 5.25. The van der Waals surface area contributed by atoms with Crippen LogP contribution >= 0.6 is 12.2 Å². The van der Waals surface area contributed by atoms with E-state index in [9.17, 15) is 9.59 Å². The molecule has 3 rings (SSSR count). The summed E-state index contributed by atoms with van der Waals surface area (Å²) in [4.78, 5) is 32.1. The monoisotopic (exact) mass is 279 g/mol. The minimum absolute atomic E-state index is 0.0711. The van der Waals surface area contributed by atoms with E-state index in [-0.39, 0.29) is 16.0 Å². The van der Waals surface area contributed by atoms with Crippen LogP contribution < -0.4 is 21.9 Å². The van der Waals surface area contributed by atoms with Gasteiger partial charge >= 0.3 is 0 Å². The van der Waals surface area contributed by atoms with Gasteiger partial charge in [0.25, 0.3) is 17.4 Å². The first-order chi connectivity index (χ1) is 8.99. The van der Waals surface area contributed by atoms with Crippen LogP contribution in [-0.4, -0.2) is 25.4 Å². The lowest BCUT2D eigenvalue weighted by Crippen LogP contribution is -2.65. The highest BCUT2D eigenvalue weighted by molar-refractivity contribution is 7.71. The fourth-order valence-corrected chi connectivity index (χ4v) is 2.13. The van der Waals surface area contributed by atoms with E-state index in [0.717, 1.165) is 0 Å². The molecule has 3 heterocycles. The zero-order valence-electron chi connectivity index (χ0n) is 9.43. The van der Waals surface area contributed by atoms with Crippen molar-refractivity contribution in [2.24, 2.45) is 5.73 Å². The number of nitrogens with zero attached hydrogens (tertiary/aromatic N) is 2. The van der Waals surface area contributed by atoms with Crippen molar-refractivity contribution < 1.29 is 4.79 Å². The third-order valence-corrected chi connectivity index (χ3v) is 2.98. The van der Waals surface area contributed by atoms with Crippen LogP contribution in [0.25, 0.3) is 0 Å². The number of hydrogen-bond donors (Lipinski definition) is 5. The number of anilines is 1.